The van der Waals surface area contributed by atoms with Crippen LogP contribution in [0.1, 0.15) is 40.0 Å². The zero-order valence-corrected chi connectivity index (χ0v) is 11.5. The van der Waals surface area contributed by atoms with E-state index in [4.69, 9.17) is 0 Å². The van der Waals surface area contributed by atoms with Crippen molar-refractivity contribution < 1.29 is 4.79 Å². The number of piperazine rings is 1. The molecule has 0 saturated carbocycles. The zero-order valence-electron chi connectivity index (χ0n) is 10.7. The molecule has 1 aliphatic rings. The molecule has 3 nitrogen and oxygen atoms in total. The Labute approximate surface area is 105 Å². The van der Waals surface area contributed by atoms with Crippen molar-refractivity contribution in [1.82, 2.24) is 10.2 Å². The fourth-order valence-electron chi connectivity index (χ4n) is 2.15. The molecule has 1 unspecified atom stereocenters. The quantitative estimate of drug-likeness (QED) is 0.826. The normalized spacial score (nSPS) is 20.8. The van der Waals surface area contributed by atoms with E-state index in [0.29, 0.717) is 17.9 Å². The van der Waals surface area contributed by atoms with Crippen LogP contribution in [0.4, 0.5) is 0 Å². The largest absolute Gasteiger partial charge is 0.337 e. The van der Waals surface area contributed by atoms with E-state index in [9.17, 15) is 4.79 Å². The molecule has 0 aromatic rings. The number of carbonyl (C=O) groups is 1. The Morgan fingerprint density at radius 3 is 2.56 bits per heavy atom. The molecule has 1 fully saturated rings. The third-order valence-electron chi connectivity index (χ3n) is 3.44. The SMILES string of the molecule is CCC(CC)CC(=O)N1CCNCC1C.Cl. The summed E-state index contributed by atoms with van der Waals surface area (Å²) in [7, 11) is 0. The average molecular weight is 249 g/mol. The highest BCUT2D eigenvalue weighted by molar-refractivity contribution is 5.85. The molecule has 0 spiro atoms. The molecule has 0 aromatic carbocycles. The lowest BCUT2D eigenvalue weighted by Gasteiger charge is -2.34. The van der Waals surface area contributed by atoms with E-state index >= 15 is 0 Å². The van der Waals surface area contributed by atoms with Gasteiger partial charge in [-0.2, -0.15) is 0 Å². The third-order valence-corrected chi connectivity index (χ3v) is 3.44. The summed E-state index contributed by atoms with van der Waals surface area (Å²) in [4.78, 5) is 14.1. The summed E-state index contributed by atoms with van der Waals surface area (Å²) in [5.74, 6) is 0.914. The number of amides is 1. The lowest BCUT2D eigenvalue weighted by molar-refractivity contribution is -0.135. The molecule has 0 aliphatic carbocycles. The first-order valence-electron chi connectivity index (χ1n) is 6.19. The van der Waals surface area contributed by atoms with E-state index in [1.54, 1.807) is 0 Å². The van der Waals surface area contributed by atoms with Gasteiger partial charge in [0.05, 0.1) is 0 Å². The van der Waals surface area contributed by atoms with Gasteiger partial charge in [0.1, 0.15) is 0 Å². The monoisotopic (exact) mass is 248 g/mol. The fourth-order valence-corrected chi connectivity index (χ4v) is 2.15. The van der Waals surface area contributed by atoms with Gasteiger partial charge in [0, 0.05) is 32.1 Å². The topological polar surface area (TPSA) is 32.3 Å². The lowest BCUT2D eigenvalue weighted by Crippen LogP contribution is -2.52. The van der Waals surface area contributed by atoms with Crippen LogP contribution >= 0.6 is 12.4 Å². The highest BCUT2D eigenvalue weighted by Crippen LogP contribution is 2.15. The van der Waals surface area contributed by atoms with E-state index in [1.807, 2.05) is 4.90 Å². The zero-order chi connectivity index (χ0) is 11.3. The van der Waals surface area contributed by atoms with Crippen LogP contribution in [0.25, 0.3) is 0 Å². The number of carbonyl (C=O) groups excluding carboxylic acids is 1. The summed E-state index contributed by atoms with van der Waals surface area (Å²) in [6.45, 7) is 9.22. The van der Waals surface area contributed by atoms with Crippen molar-refractivity contribution in [1.29, 1.82) is 0 Å². The molecule has 1 saturated heterocycles. The first-order valence-corrected chi connectivity index (χ1v) is 6.19. The van der Waals surface area contributed by atoms with Crippen LogP contribution in [0.3, 0.4) is 0 Å². The molecule has 1 heterocycles. The van der Waals surface area contributed by atoms with Gasteiger partial charge in [0.15, 0.2) is 0 Å². The minimum atomic E-state index is 0. The summed E-state index contributed by atoms with van der Waals surface area (Å²) < 4.78 is 0. The van der Waals surface area contributed by atoms with Gasteiger partial charge in [0.2, 0.25) is 5.91 Å². The van der Waals surface area contributed by atoms with Gasteiger partial charge in [-0.3, -0.25) is 4.79 Å². The Morgan fingerprint density at radius 2 is 2.06 bits per heavy atom. The van der Waals surface area contributed by atoms with E-state index in [1.165, 1.54) is 0 Å². The number of halogens is 1. The number of hydrogen-bond donors (Lipinski definition) is 1. The van der Waals surface area contributed by atoms with Crippen molar-refractivity contribution in [2.45, 2.75) is 46.1 Å². The van der Waals surface area contributed by atoms with E-state index in [-0.39, 0.29) is 12.4 Å². The van der Waals surface area contributed by atoms with Crippen molar-refractivity contribution >= 4 is 18.3 Å². The van der Waals surface area contributed by atoms with E-state index < -0.39 is 0 Å². The van der Waals surface area contributed by atoms with Crippen LogP contribution < -0.4 is 5.32 Å². The van der Waals surface area contributed by atoms with Gasteiger partial charge >= 0.3 is 0 Å². The van der Waals surface area contributed by atoms with Gasteiger partial charge in [-0.25, -0.2) is 0 Å². The average Bonchev–Trinajstić information content (AvgIpc) is 2.26. The molecule has 16 heavy (non-hydrogen) atoms. The molecule has 1 rings (SSSR count). The molecule has 4 heteroatoms. The van der Waals surface area contributed by atoms with E-state index in [2.05, 4.69) is 26.1 Å². The number of rotatable bonds is 4. The standard InChI is InChI=1S/C12H24N2O.ClH/c1-4-11(5-2)8-12(15)14-7-6-13-9-10(14)3;/h10-11,13H,4-9H2,1-3H3;1H. The maximum atomic E-state index is 12.0. The summed E-state index contributed by atoms with van der Waals surface area (Å²) >= 11 is 0. The lowest BCUT2D eigenvalue weighted by atomic mass is 9.98. The first-order chi connectivity index (χ1) is 7.19. The van der Waals surface area contributed by atoms with Gasteiger partial charge in [-0.15, -0.1) is 12.4 Å². The Bertz CT molecular complexity index is 207. The predicted octanol–water partition coefficient (Wildman–Crippen LogP) is 2.05. The Morgan fingerprint density at radius 1 is 1.44 bits per heavy atom. The maximum Gasteiger partial charge on any atom is 0.223 e. The minimum Gasteiger partial charge on any atom is -0.337 e. The van der Waals surface area contributed by atoms with Crippen molar-refractivity contribution in [2.75, 3.05) is 19.6 Å². The second-order valence-corrected chi connectivity index (χ2v) is 4.53. The Kier molecular flexibility index (Phi) is 7.77. The summed E-state index contributed by atoms with van der Waals surface area (Å²) in [6.07, 6.45) is 2.96. The molecular weight excluding hydrogens is 224 g/mol. The van der Waals surface area contributed by atoms with Crippen LogP contribution in [0.15, 0.2) is 0 Å². The molecule has 96 valence electrons. The minimum absolute atomic E-state index is 0. The third kappa shape index (κ3) is 4.30. The van der Waals surface area contributed by atoms with Crippen molar-refractivity contribution in [2.24, 2.45) is 5.92 Å². The fraction of sp³-hybridized carbons (Fsp3) is 0.917. The number of nitrogens with one attached hydrogen (secondary N) is 1. The van der Waals surface area contributed by atoms with Crippen molar-refractivity contribution in [3.05, 3.63) is 0 Å². The molecule has 0 bridgehead atoms. The maximum absolute atomic E-state index is 12.0. The van der Waals surface area contributed by atoms with Crippen LogP contribution in [0.5, 0.6) is 0 Å². The molecule has 0 aromatic heterocycles. The highest BCUT2D eigenvalue weighted by Gasteiger charge is 2.24. The van der Waals surface area contributed by atoms with E-state index in [0.717, 1.165) is 38.9 Å². The summed E-state index contributed by atoms with van der Waals surface area (Å²) in [5, 5.41) is 3.31. The van der Waals surface area contributed by atoms with Crippen LogP contribution in [-0.4, -0.2) is 36.5 Å². The van der Waals surface area contributed by atoms with Crippen LogP contribution in [0, 0.1) is 5.92 Å². The Hall–Kier alpha value is -0.280. The van der Waals surface area contributed by atoms with Crippen molar-refractivity contribution in [3.63, 3.8) is 0 Å². The van der Waals surface area contributed by atoms with Crippen LogP contribution in [0.2, 0.25) is 0 Å². The number of hydrogen-bond acceptors (Lipinski definition) is 2. The Balaban J connectivity index is 0.00000225. The van der Waals surface area contributed by atoms with Gasteiger partial charge in [0.25, 0.3) is 0 Å². The summed E-state index contributed by atoms with van der Waals surface area (Å²) in [5.41, 5.74) is 0. The molecule has 1 aliphatic heterocycles. The second-order valence-electron chi connectivity index (χ2n) is 4.53. The van der Waals surface area contributed by atoms with Gasteiger partial charge < -0.3 is 10.2 Å². The first kappa shape index (κ1) is 15.7. The molecule has 1 amide bonds. The number of nitrogens with zero attached hydrogens (tertiary/aromatic N) is 1. The second kappa shape index (κ2) is 7.91. The summed E-state index contributed by atoms with van der Waals surface area (Å²) in [6, 6.07) is 0.362. The van der Waals surface area contributed by atoms with Crippen molar-refractivity contribution in [3.8, 4) is 0 Å². The van der Waals surface area contributed by atoms with Crippen LogP contribution in [-0.2, 0) is 4.79 Å². The van der Waals surface area contributed by atoms with Gasteiger partial charge in [-0.05, 0) is 12.8 Å². The smallest absolute Gasteiger partial charge is 0.223 e. The molecular formula is C12H25ClN2O. The molecule has 1 atom stereocenters. The molecule has 0 radical (unpaired) electrons. The predicted molar refractivity (Wildman–Crippen MR) is 70.0 cm³/mol. The van der Waals surface area contributed by atoms with Gasteiger partial charge in [-0.1, -0.05) is 26.7 Å². The molecule has 1 N–H and O–H groups in total. The highest BCUT2D eigenvalue weighted by atomic mass is 35.5.